The van der Waals surface area contributed by atoms with Crippen molar-refractivity contribution in [3.63, 3.8) is 0 Å². The van der Waals surface area contributed by atoms with Gasteiger partial charge in [-0.2, -0.15) is 0 Å². The van der Waals surface area contributed by atoms with Gasteiger partial charge in [0.15, 0.2) is 80.4 Å². The fourth-order valence-corrected chi connectivity index (χ4v) is 9.70. The number of halogens is 4. The average molecular weight is 1570 g/mol. The molecule has 2 aliphatic heterocycles. The summed E-state index contributed by atoms with van der Waals surface area (Å²) in [5, 5.41) is 44.4. The summed E-state index contributed by atoms with van der Waals surface area (Å²) in [6.07, 6.45) is 0. The number of ether oxygens (including phenoxy) is 10. The predicted molar refractivity (Wildman–Crippen MR) is 396 cm³/mol. The van der Waals surface area contributed by atoms with Crippen molar-refractivity contribution in [1.29, 1.82) is 0 Å². The summed E-state index contributed by atoms with van der Waals surface area (Å²) in [5.41, 5.74) is 5.47. The van der Waals surface area contributed by atoms with Gasteiger partial charge in [-0.25, -0.2) is 18.4 Å². The summed E-state index contributed by atoms with van der Waals surface area (Å²) in [6.45, 7) is 11.3. The number of hydrogen-bond donors (Lipinski definition) is 4. The van der Waals surface area contributed by atoms with Gasteiger partial charge in [0.25, 0.3) is 5.91 Å². The van der Waals surface area contributed by atoms with Crippen molar-refractivity contribution in [2.45, 2.75) is 40.5 Å². The zero-order valence-electron chi connectivity index (χ0n) is 59.0. The number of esters is 1. The van der Waals surface area contributed by atoms with E-state index in [0.717, 1.165) is 35.3 Å². The Morgan fingerprint density at radius 2 is 0.916 bits per heavy atom. The first-order valence-corrected chi connectivity index (χ1v) is 31.5. The van der Waals surface area contributed by atoms with E-state index < -0.39 is 19.1 Å². The van der Waals surface area contributed by atoms with Crippen LogP contribution < -0.4 is 67.5 Å². The quantitative estimate of drug-likeness (QED) is 0.0295. The van der Waals surface area contributed by atoms with Gasteiger partial charge in [-0.1, -0.05) is 72.4 Å². The Morgan fingerprint density at radius 3 is 1.28 bits per heavy atom. The molecule has 0 radical (unpaired) electrons. The molecule has 2 aliphatic rings. The molecule has 0 bridgehead atoms. The number of nitrogens with one attached hydrogen (secondary N) is 1. The van der Waals surface area contributed by atoms with E-state index in [1.54, 1.807) is 119 Å². The Morgan fingerprint density at radius 1 is 0.533 bits per heavy atom. The number of nitrogens with zero attached hydrogens (tertiary/aromatic N) is 5. The van der Waals surface area contributed by atoms with Gasteiger partial charge in [0.05, 0.1) is 70.1 Å². The molecule has 0 unspecified atom stereocenters. The Kier molecular flexibility index (Phi) is 41.8. The van der Waals surface area contributed by atoms with Crippen molar-refractivity contribution in [1.82, 2.24) is 30.8 Å². The fraction of sp³-hybridized carbons (Fsp3) is 0.274. The minimum atomic E-state index is -1.49. The zero-order chi connectivity index (χ0) is 73.1. The number of methoxy groups -OCH3 is 8. The summed E-state index contributed by atoms with van der Waals surface area (Å²) in [5.74, 6) is 5.00. The molecule has 2 fully saturated rings. The number of rotatable bonds is 21. The average Bonchev–Trinajstić information content (AvgIpc) is 1.78. The Balaban J connectivity index is 0.000000655. The standard InChI is InChI=1S/C21H19FN2O4.C15H17NO4.C12H11NO5.C9H10FN.C8H11BO4.C6H6BrNO3.2CH4.ClH.Li.2H2O/c1-26-18-7-6-14(9-20(18)27-2)19-10-17(23-28-19)21(25)24-11-15(12-24)13-4-3-5-16(22)8-13;1-5-19-10(2)12-9-14(20-16-12)11-6-7-13(17-3)15(8-11)18-4;1-16-9-4-3-7(5-11(9)17-2)10-6-8(12(14)15)13-18-10;10-9-3-1-2-7(4-9)8-5-11-6-8;1-12-7-4-3-6(9(10)11)5-8(7)13-2;1-2-10-6(9)4-3-5(7)11-8-4;;;;;;/h3-10,15H,11-12H2,1-2H3;6-9H,2,5H2,1,3-4H3;3-6H,1-2H3,(H,14,15);1-4,8,11H,5-6H2;3-5,10-11H,1-2H3;3H,2H2,1H3;2*1H4;1H;;2*1H2/q;;;;;;;;;+1;;/p-1. The number of carbonyl (C=O) groups excluding carboxylic acids is 2. The van der Waals surface area contributed by atoms with Gasteiger partial charge in [0, 0.05) is 79.0 Å². The van der Waals surface area contributed by atoms with Crippen LogP contribution in [0.25, 0.3) is 39.7 Å². The molecule has 10 aromatic rings. The van der Waals surface area contributed by atoms with Crippen LogP contribution in [-0.2, 0) is 9.47 Å². The molecule has 107 heavy (non-hydrogen) atoms. The number of likely N-dealkylation sites (tertiary alicyclic amines) is 1. The molecule has 0 saturated carbocycles. The van der Waals surface area contributed by atoms with Crippen LogP contribution in [0.15, 0.2) is 175 Å². The molecule has 2 saturated heterocycles. The van der Waals surface area contributed by atoms with Gasteiger partial charge >= 0.3 is 37.9 Å². The van der Waals surface area contributed by atoms with Gasteiger partial charge in [-0.15, -0.1) is 12.4 Å². The Bertz CT molecular complexity index is 4370. The second-order valence-corrected chi connectivity index (χ2v) is 22.0. The van der Waals surface area contributed by atoms with E-state index in [-0.39, 0.29) is 97.6 Å². The van der Waals surface area contributed by atoms with Crippen molar-refractivity contribution < 1.29 is 134 Å². The largest absolute Gasteiger partial charge is 1.00 e. The number of aromatic nitrogens is 4. The second kappa shape index (κ2) is 47.2. The molecule has 0 aliphatic carbocycles. The number of carboxylic acids is 1. The summed E-state index contributed by atoms with van der Waals surface area (Å²) < 4.78 is 97.8. The van der Waals surface area contributed by atoms with E-state index in [2.05, 4.69) is 57.7 Å². The normalized spacial score (nSPS) is 11.2. The first-order valence-electron chi connectivity index (χ1n) is 30.7. The summed E-state index contributed by atoms with van der Waals surface area (Å²) >= 11 is 3.01. The van der Waals surface area contributed by atoms with Crippen LogP contribution in [0.3, 0.4) is 0 Å². The number of benzene rings is 6. The van der Waals surface area contributed by atoms with E-state index in [1.807, 2.05) is 37.3 Å². The molecular formula is C73H86BBrClF2LiN6O22. The monoisotopic (exact) mass is 1570 g/mol. The smallest absolute Gasteiger partial charge is 0.870 e. The maximum atomic E-state index is 13.4. The van der Waals surface area contributed by atoms with E-state index in [1.165, 1.54) is 64.8 Å². The summed E-state index contributed by atoms with van der Waals surface area (Å²) in [6, 6.07) is 40.2. The summed E-state index contributed by atoms with van der Waals surface area (Å²) in [7, 11) is 10.9. The minimum absolute atomic E-state index is 0. The molecule has 0 atom stereocenters. The van der Waals surface area contributed by atoms with Crippen LogP contribution in [0.1, 0.15) is 88.8 Å². The van der Waals surface area contributed by atoms with Gasteiger partial charge in [0.1, 0.15) is 23.1 Å². The first-order chi connectivity index (χ1) is 48.7. The minimum Gasteiger partial charge on any atom is -0.870 e. The third kappa shape index (κ3) is 26.6. The van der Waals surface area contributed by atoms with E-state index in [0.29, 0.717) is 123 Å². The Labute approximate surface area is 644 Å². The third-order valence-corrected chi connectivity index (χ3v) is 15.2. The molecule has 34 heteroatoms. The second-order valence-electron chi connectivity index (χ2n) is 21.2. The van der Waals surface area contributed by atoms with Crippen LogP contribution in [0, 0.1) is 11.6 Å². The van der Waals surface area contributed by atoms with Crippen LogP contribution in [0.4, 0.5) is 8.78 Å². The van der Waals surface area contributed by atoms with Gasteiger partial charge in [-0.05, 0) is 137 Å². The van der Waals surface area contributed by atoms with Crippen molar-refractivity contribution in [2.75, 3.05) is 96.3 Å². The topological polar surface area (TPSA) is 385 Å². The first kappa shape index (κ1) is 94.6. The fourth-order valence-electron chi connectivity index (χ4n) is 9.41. The van der Waals surface area contributed by atoms with E-state index in [4.69, 9.17) is 71.4 Å². The number of carbonyl (C=O) groups is 3. The van der Waals surface area contributed by atoms with E-state index in [9.17, 15) is 23.2 Å². The SMILES string of the molecule is C.C.C=C(OCC)c1cc(-c2ccc(OC)c(OC)c2)on1.CCOC(=O)c1cc(Br)on1.COc1ccc(-c2cc(C(=O)N3CC(c4cccc(F)c4)C3)no2)cc1OC.COc1ccc(-c2cc(C(=O)O)no2)cc1OC.COc1ccc(B(O)O)cc1OC.Cl.Fc1cccc(C2CNC2)c1.O.[Li+].[OH-]. The molecule has 7 N–H and O–H groups in total. The van der Waals surface area contributed by atoms with Crippen LogP contribution in [0.5, 0.6) is 46.0 Å². The Hall–Kier alpha value is -10.4. The molecule has 12 rings (SSSR count). The van der Waals surface area contributed by atoms with E-state index >= 15 is 0 Å². The molecule has 6 heterocycles. The summed E-state index contributed by atoms with van der Waals surface area (Å²) in [4.78, 5) is 35.9. The number of hydrogen-bond acceptors (Lipinski definition) is 25. The molecule has 572 valence electrons. The zero-order valence-corrected chi connectivity index (χ0v) is 61.4. The van der Waals surface area contributed by atoms with Crippen LogP contribution in [0.2, 0.25) is 0 Å². The molecule has 28 nitrogen and oxygen atoms in total. The number of carboxylic acid groups (broad SMARTS) is 1. The molecule has 4 aromatic heterocycles. The van der Waals surface area contributed by atoms with Crippen LogP contribution in [-0.4, -0.2) is 173 Å². The molecule has 0 spiro atoms. The number of amides is 1. The maximum absolute atomic E-state index is 13.4. The number of aromatic carboxylic acids is 1. The van der Waals surface area contributed by atoms with Gasteiger partial charge in [-0.3, -0.25) is 4.79 Å². The predicted octanol–water partition coefficient (Wildman–Crippen LogP) is 9.37. The van der Waals surface area contributed by atoms with Gasteiger partial charge in [0.2, 0.25) is 4.67 Å². The molecule has 6 aromatic carbocycles. The third-order valence-electron chi connectivity index (χ3n) is 14.8. The van der Waals surface area contributed by atoms with Gasteiger partial charge < -0.3 is 102 Å². The van der Waals surface area contributed by atoms with Crippen molar-refractivity contribution in [3.05, 3.63) is 202 Å². The molecule has 1 amide bonds. The van der Waals surface area contributed by atoms with Crippen molar-refractivity contribution in [3.8, 4) is 80.0 Å². The van der Waals surface area contributed by atoms with Crippen molar-refractivity contribution >= 4 is 64.5 Å². The van der Waals surface area contributed by atoms with Crippen molar-refractivity contribution in [2.24, 2.45) is 0 Å². The van der Waals surface area contributed by atoms with Crippen LogP contribution >= 0.6 is 28.3 Å². The maximum Gasteiger partial charge on any atom is 1.00 e. The molecular weight excluding hydrogens is 1480 g/mol.